The van der Waals surface area contributed by atoms with Gasteiger partial charge in [-0.3, -0.25) is 0 Å². The second-order valence-electron chi connectivity index (χ2n) is 5.96. The number of rotatable bonds is 10. The molecule has 10 heteroatoms. The molecule has 0 aliphatic heterocycles. The predicted octanol–water partition coefficient (Wildman–Crippen LogP) is 2.92. The Hall–Kier alpha value is -1.77. The quantitative estimate of drug-likeness (QED) is 0.395. The third-order valence-electron chi connectivity index (χ3n) is 3.74. The van der Waals surface area contributed by atoms with Crippen LogP contribution in [0.5, 0.6) is 17.2 Å². The number of benzene rings is 2. The van der Waals surface area contributed by atoms with E-state index in [1.54, 1.807) is 25.3 Å². The van der Waals surface area contributed by atoms with Gasteiger partial charge >= 0.3 is 0 Å². The highest BCUT2D eigenvalue weighted by Gasteiger charge is 2.11. The molecule has 0 radical (unpaired) electrons. The molecule has 0 fully saturated rings. The van der Waals surface area contributed by atoms with Gasteiger partial charge in [0, 0.05) is 13.1 Å². The minimum absolute atomic E-state index is 0. The molecular formula is C19H30Cl3N3O4. The molecule has 2 aromatic rings. The van der Waals surface area contributed by atoms with Crippen LogP contribution in [0, 0.1) is 0 Å². The van der Waals surface area contributed by atoms with Gasteiger partial charge in [0.2, 0.25) is 0 Å². The van der Waals surface area contributed by atoms with E-state index in [0.717, 1.165) is 0 Å². The van der Waals surface area contributed by atoms with Crippen molar-refractivity contribution in [3.63, 3.8) is 0 Å². The number of hydrogen-bond donors (Lipinski definition) is 4. The fraction of sp³-hybridized carbons (Fsp3) is 0.368. The van der Waals surface area contributed by atoms with Crippen molar-refractivity contribution in [3.05, 3.63) is 42.5 Å². The SMILES string of the molecule is COc1ccccc1OC(C)CNCC(O)COc1cccc(N)c1N.Cl.Cl.Cl. The highest BCUT2D eigenvalue weighted by atomic mass is 35.5. The number of anilines is 2. The number of nitrogen functional groups attached to an aromatic ring is 2. The average molecular weight is 471 g/mol. The van der Waals surface area contributed by atoms with E-state index in [1.165, 1.54) is 0 Å². The van der Waals surface area contributed by atoms with E-state index < -0.39 is 6.10 Å². The average Bonchev–Trinajstić information content (AvgIpc) is 2.63. The van der Waals surface area contributed by atoms with Gasteiger partial charge in [0.15, 0.2) is 11.5 Å². The molecule has 2 aromatic carbocycles. The lowest BCUT2D eigenvalue weighted by Crippen LogP contribution is -2.36. The summed E-state index contributed by atoms with van der Waals surface area (Å²) < 4.78 is 16.6. The Morgan fingerprint density at radius 2 is 1.55 bits per heavy atom. The number of aliphatic hydroxyl groups excluding tert-OH is 1. The zero-order chi connectivity index (χ0) is 18.9. The van der Waals surface area contributed by atoms with Crippen molar-refractivity contribution in [3.8, 4) is 17.2 Å². The molecule has 0 aromatic heterocycles. The molecule has 2 rings (SSSR count). The van der Waals surface area contributed by atoms with Crippen molar-refractivity contribution in [2.24, 2.45) is 0 Å². The summed E-state index contributed by atoms with van der Waals surface area (Å²) in [6.07, 6.45) is -0.779. The third-order valence-corrected chi connectivity index (χ3v) is 3.74. The van der Waals surface area contributed by atoms with Crippen molar-refractivity contribution in [2.75, 3.05) is 38.3 Å². The molecule has 0 heterocycles. The Kier molecular flexibility index (Phi) is 15.3. The largest absolute Gasteiger partial charge is 0.493 e. The molecule has 166 valence electrons. The number of para-hydroxylation sites is 3. The highest BCUT2D eigenvalue weighted by Crippen LogP contribution is 2.27. The number of nitrogens with two attached hydrogens (primary N) is 2. The van der Waals surface area contributed by atoms with Crippen LogP contribution in [-0.4, -0.2) is 44.1 Å². The molecule has 7 nitrogen and oxygen atoms in total. The van der Waals surface area contributed by atoms with Crippen molar-refractivity contribution in [2.45, 2.75) is 19.1 Å². The first-order valence-electron chi connectivity index (χ1n) is 8.46. The second-order valence-corrected chi connectivity index (χ2v) is 5.96. The van der Waals surface area contributed by atoms with Crippen LogP contribution in [0.25, 0.3) is 0 Å². The monoisotopic (exact) mass is 469 g/mol. The van der Waals surface area contributed by atoms with Gasteiger partial charge < -0.3 is 36.1 Å². The maximum Gasteiger partial charge on any atom is 0.161 e. The standard InChI is InChI=1S/C19H27N3O4.3ClH/c1-13(26-17-8-4-3-7-16(17)24-2)10-22-11-14(23)12-25-18-9-5-6-15(20)19(18)21;;;/h3-9,13-14,22-23H,10-12,20-21H2,1-2H3;3*1H. The van der Waals surface area contributed by atoms with Crippen LogP contribution in [-0.2, 0) is 0 Å². The second kappa shape index (κ2) is 15.1. The van der Waals surface area contributed by atoms with Crippen LogP contribution in [0.2, 0.25) is 0 Å². The number of aliphatic hydroxyl groups is 1. The molecule has 0 aliphatic carbocycles. The first-order chi connectivity index (χ1) is 12.5. The van der Waals surface area contributed by atoms with E-state index in [-0.39, 0.29) is 49.9 Å². The number of methoxy groups -OCH3 is 1. The summed E-state index contributed by atoms with van der Waals surface area (Å²) in [5.41, 5.74) is 12.4. The molecule has 0 bridgehead atoms. The molecule has 0 saturated carbocycles. The summed E-state index contributed by atoms with van der Waals surface area (Å²) in [6, 6.07) is 12.6. The summed E-state index contributed by atoms with van der Waals surface area (Å²) in [6.45, 7) is 2.98. The van der Waals surface area contributed by atoms with E-state index in [4.69, 9.17) is 25.7 Å². The Labute approximate surface area is 190 Å². The first kappa shape index (κ1) is 29.4. The van der Waals surface area contributed by atoms with E-state index in [9.17, 15) is 5.11 Å². The third kappa shape index (κ3) is 9.51. The zero-order valence-corrected chi connectivity index (χ0v) is 18.8. The summed E-state index contributed by atoms with van der Waals surface area (Å²) >= 11 is 0. The fourth-order valence-corrected chi connectivity index (χ4v) is 2.36. The maximum atomic E-state index is 10.0. The maximum absolute atomic E-state index is 10.0. The van der Waals surface area contributed by atoms with Gasteiger partial charge in [-0.05, 0) is 31.2 Å². The number of ether oxygens (including phenoxy) is 3. The molecule has 0 spiro atoms. The Bertz CT molecular complexity index is 710. The Morgan fingerprint density at radius 3 is 2.21 bits per heavy atom. The molecule has 6 N–H and O–H groups in total. The molecule has 0 amide bonds. The van der Waals surface area contributed by atoms with E-state index in [2.05, 4.69) is 5.32 Å². The number of hydrogen-bond acceptors (Lipinski definition) is 7. The lowest BCUT2D eigenvalue weighted by atomic mass is 10.2. The minimum atomic E-state index is -0.686. The lowest BCUT2D eigenvalue weighted by molar-refractivity contribution is 0.103. The molecular weight excluding hydrogens is 441 g/mol. The molecule has 2 atom stereocenters. The van der Waals surface area contributed by atoms with Crippen LogP contribution < -0.4 is 31.0 Å². The van der Waals surface area contributed by atoms with Crippen molar-refractivity contribution in [1.82, 2.24) is 5.32 Å². The van der Waals surface area contributed by atoms with Crippen LogP contribution >= 0.6 is 37.2 Å². The van der Waals surface area contributed by atoms with Crippen LogP contribution in [0.3, 0.4) is 0 Å². The van der Waals surface area contributed by atoms with Gasteiger partial charge in [0.05, 0.1) is 18.5 Å². The fourth-order valence-electron chi connectivity index (χ4n) is 2.36. The summed E-state index contributed by atoms with van der Waals surface area (Å²) in [5.74, 6) is 1.84. The molecule has 0 saturated heterocycles. The smallest absolute Gasteiger partial charge is 0.161 e. The summed E-state index contributed by atoms with van der Waals surface area (Å²) in [5, 5.41) is 13.2. The predicted molar refractivity (Wildman–Crippen MR) is 124 cm³/mol. The topological polar surface area (TPSA) is 112 Å². The van der Waals surface area contributed by atoms with Crippen molar-refractivity contribution < 1.29 is 19.3 Å². The molecule has 29 heavy (non-hydrogen) atoms. The number of halogens is 3. The van der Waals surface area contributed by atoms with Gasteiger partial charge in [-0.2, -0.15) is 0 Å². The zero-order valence-electron chi connectivity index (χ0n) is 16.4. The van der Waals surface area contributed by atoms with Gasteiger partial charge in [0.25, 0.3) is 0 Å². The minimum Gasteiger partial charge on any atom is -0.493 e. The molecule has 0 aliphatic rings. The molecule has 2 unspecified atom stereocenters. The van der Waals surface area contributed by atoms with Gasteiger partial charge in [-0.25, -0.2) is 0 Å². The van der Waals surface area contributed by atoms with E-state index in [0.29, 0.717) is 41.7 Å². The Morgan fingerprint density at radius 1 is 0.931 bits per heavy atom. The normalized spacial score (nSPS) is 11.7. The van der Waals surface area contributed by atoms with Crippen LogP contribution in [0.1, 0.15) is 6.92 Å². The van der Waals surface area contributed by atoms with Gasteiger partial charge in [-0.1, -0.05) is 18.2 Å². The van der Waals surface area contributed by atoms with Gasteiger partial charge in [0.1, 0.15) is 24.6 Å². The lowest BCUT2D eigenvalue weighted by Gasteiger charge is -2.19. The van der Waals surface area contributed by atoms with Crippen molar-refractivity contribution in [1.29, 1.82) is 0 Å². The van der Waals surface area contributed by atoms with Crippen molar-refractivity contribution >= 4 is 48.6 Å². The van der Waals surface area contributed by atoms with E-state index >= 15 is 0 Å². The summed E-state index contributed by atoms with van der Waals surface area (Å²) in [7, 11) is 1.61. The van der Waals surface area contributed by atoms with Crippen LogP contribution in [0.4, 0.5) is 11.4 Å². The Balaban J connectivity index is 0. The number of nitrogens with one attached hydrogen (secondary N) is 1. The highest BCUT2D eigenvalue weighted by molar-refractivity contribution is 5.86. The van der Waals surface area contributed by atoms with Gasteiger partial charge in [-0.15, -0.1) is 37.2 Å². The van der Waals surface area contributed by atoms with E-state index in [1.807, 2.05) is 31.2 Å². The first-order valence-corrected chi connectivity index (χ1v) is 8.46. The van der Waals surface area contributed by atoms with Crippen LogP contribution in [0.15, 0.2) is 42.5 Å². The summed E-state index contributed by atoms with van der Waals surface area (Å²) in [4.78, 5) is 0.